The van der Waals surface area contributed by atoms with Gasteiger partial charge < -0.3 is 25.2 Å². The molecule has 1 fully saturated rings. The highest BCUT2D eigenvalue weighted by molar-refractivity contribution is 6.13. The zero-order chi connectivity index (χ0) is 29.1. The zero-order valence-corrected chi connectivity index (χ0v) is 23.0. The van der Waals surface area contributed by atoms with Gasteiger partial charge in [-0.15, -0.1) is 0 Å². The lowest BCUT2D eigenvalue weighted by atomic mass is 10.0. The number of ketones is 1. The van der Waals surface area contributed by atoms with Gasteiger partial charge in [0.05, 0.1) is 29.2 Å². The summed E-state index contributed by atoms with van der Waals surface area (Å²) in [5.74, 6) is -0.594. The van der Waals surface area contributed by atoms with Gasteiger partial charge in [-0.2, -0.15) is 10.2 Å². The number of carbonyl (C=O) groups is 2. The predicted molar refractivity (Wildman–Crippen MR) is 163 cm³/mol. The van der Waals surface area contributed by atoms with Crippen LogP contribution in [0.15, 0.2) is 90.2 Å². The first-order chi connectivity index (χ1) is 20.4. The molecule has 0 unspecified atom stereocenters. The Kier molecular flexibility index (Phi) is 7.44. The molecule has 1 aliphatic heterocycles. The van der Waals surface area contributed by atoms with Crippen molar-refractivity contribution in [3.63, 3.8) is 0 Å². The number of fused-ring (bicyclic) bond motifs is 1. The number of benzene rings is 3. The molecule has 10 nitrogen and oxygen atoms in total. The van der Waals surface area contributed by atoms with Gasteiger partial charge in [-0.05, 0) is 55.6 Å². The van der Waals surface area contributed by atoms with E-state index in [-0.39, 0.29) is 17.6 Å². The number of hydrogen-bond donors (Lipinski definition) is 3. The van der Waals surface area contributed by atoms with Crippen LogP contribution >= 0.6 is 0 Å². The lowest BCUT2D eigenvalue weighted by Crippen LogP contribution is -2.44. The number of aliphatic imine (C=N–C) groups is 1. The first-order valence-electron chi connectivity index (χ1n) is 13.6. The number of hydrogen-bond acceptors (Lipinski definition) is 8. The maximum atomic E-state index is 13.3. The summed E-state index contributed by atoms with van der Waals surface area (Å²) in [6, 6.07) is 21.6. The number of likely N-dealkylation sites (N-methyl/N-ethyl adjacent to an activating group) is 1. The summed E-state index contributed by atoms with van der Waals surface area (Å²) >= 11 is 0. The summed E-state index contributed by atoms with van der Waals surface area (Å²) in [6.07, 6.45) is 4.44. The number of H-pyrrole nitrogens is 1. The normalized spacial score (nSPS) is 14.0. The maximum Gasteiger partial charge on any atom is 0.257 e. The second kappa shape index (κ2) is 11.6. The Morgan fingerprint density at radius 3 is 2.48 bits per heavy atom. The number of rotatable bonds is 7. The quantitative estimate of drug-likeness (QED) is 0.196. The highest BCUT2D eigenvalue weighted by Gasteiger charge is 2.16. The minimum Gasteiger partial charge on any atom is -0.494 e. The second-order valence-electron chi connectivity index (χ2n) is 10.2. The number of amides is 1. The summed E-state index contributed by atoms with van der Waals surface area (Å²) in [4.78, 5) is 38.0. The molecule has 1 saturated heterocycles. The Morgan fingerprint density at radius 2 is 1.71 bits per heavy atom. The van der Waals surface area contributed by atoms with E-state index in [1.807, 2.05) is 12.1 Å². The first-order valence-corrected chi connectivity index (χ1v) is 13.6. The van der Waals surface area contributed by atoms with Gasteiger partial charge >= 0.3 is 0 Å². The number of carbonyl (C=O) groups excluding carboxylic acids is 2. The second-order valence-corrected chi connectivity index (χ2v) is 10.2. The van der Waals surface area contributed by atoms with Crippen LogP contribution < -0.4 is 10.2 Å². The zero-order valence-electron chi connectivity index (χ0n) is 23.0. The minimum absolute atomic E-state index is 0.0253. The SMILES string of the molecule is CN1CCN(c2ccc(N=Cc3c(O)[nH]c4cc(C(=O)c5cccc(NC(=O)c6ccnnc6)c5)ccc34)cc2)CC1. The van der Waals surface area contributed by atoms with Crippen LogP contribution in [0.3, 0.4) is 0 Å². The van der Waals surface area contributed by atoms with Crippen LogP contribution in [0, 0.1) is 0 Å². The van der Waals surface area contributed by atoms with Gasteiger partial charge in [-0.3, -0.25) is 14.6 Å². The van der Waals surface area contributed by atoms with E-state index in [1.165, 1.54) is 18.1 Å². The molecule has 0 bridgehead atoms. The number of nitrogens with one attached hydrogen (secondary N) is 2. The molecule has 0 spiro atoms. The molecule has 1 amide bonds. The summed E-state index contributed by atoms with van der Waals surface area (Å²) in [7, 11) is 2.14. The average Bonchev–Trinajstić information content (AvgIpc) is 3.34. The highest BCUT2D eigenvalue weighted by Crippen LogP contribution is 2.29. The van der Waals surface area contributed by atoms with Crippen molar-refractivity contribution in [2.75, 3.05) is 43.4 Å². The summed E-state index contributed by atoms with van der Waals surface area (Å²) in [6.45, 7) is 4.09. The largest absolute Gasteiger partial charge is 0.494 e. The van der Waals surface area contributed by atoms with Gasteiger partial charge in [0.2, 0.25) is 0 Å². The van der Waals surface area contributed by atoms with Crippen LogP contribution in [0.25, 0.3) is 10.9 Å². The molecule has 42 heavy (non-hydrogen) atoms. The van der Waals surface area contributed by atoms with Crippen molar-refractivity contribution < 1.29 is 14.7 Å². The Balaban J connectivity index is 1.17. The fraction of sp³-hybridized carbons (Fsp3) is 0.156. The smallest absolute Gasteiger partial charge is 0.257 e. The van der Waals surface area contributed by atoms with Gasteiger partial charge in [-0.25, -0.2) is 0 Å². The van der Waals surface area contributed by atoms with Crippen molar-refractivity contribution in [3.8, 4) is 5.88 Å². The lowest BCUT2D eigenvalue weighted by molar-refractivity contribution is 0.102. The Bertz CT molecular complexity index is 1770. The number of anilines is 2. The van der Waals surface area contributed by atoms with Gasteiger partial charge in [0.25, 0.3) is 5.91 Å². The number of aromatic nitrogens is 3. The average molecular weight is 560 g/mol. The van der Waals surface area contributed by atoms with E-state index < -0.39 is 0 Å². The fourth-order valence-electron chi connectivity index (χ4n) is 4.96. The molecule has 210 valence electrons. The molecule has 3 heterocycles. The first kappa shape index (κ1) is 26.9. The summed E-state index contributed by atoms with van der Waals surface area (Å²) in [5.41, 5.74) is 4.80. The van der Waals surface area contributed by atoms with E-state index in [0.717, 1.165) is 37.3 Å². The molecule has 0 aliphatic carbocycles. The van der Waals surface area contributed by atoms with Crippen LogP contribution in [0.1, 0.15) is 31.8 Å². The summed E-state index contributed by atoms with van der Waals surface area (Å²) < 4.78 is 0. The van der Waals surface area contributed by atoms with Gasteiger partial charge in [0, 0.05) is 65.8 Å². The third kappa shape index (κ3) is 5.74. The number of nitrogens with zero attached hydrogens (tertiary/aromatic N) is 5. The molecule has 1 aliphatic rings. The van der Waals surface area contributed by atoms with Crippen LogP contribution in [-0.2, 0) is 0 Å². The third-order valence-electron chi connectivity index (χ3n) is 7.37. The molecule has 0 atom stereocenters. The van der Waals surface area contributed by atoms with E-state index in [1.54, 1.807) is 54.7 Å². The molecule has 6 rings (SSSR count). The van der Waals surface area contributed by atoms with Gasteiger partial charge in [-0.1, -0.05) is 24.3 Å². The van der Waals surface area contributed by atoms with Crippen molar-refractivity contribution in [2.24, 2.45) is 4.99 Å². The lowest BCUT2D eigenvalue weighted by Gasteiger charge is -2.34. The Labute approximate surface area is 242 Å². The van der Waals surface area contributed by atoms with E-state index in [4.69, 9.17) is 0 Å². The molecular formula is C32H29N7O3. The number of piperazine rings is 1. The van der Waals surface area contributed by atoms with Crippen LogP contribution in [0.5, 0.6) is 5.88 Å². The van der Waals surface area contributed by atoms with Crippen molar-refractivity contribution in [2.45, 2.75) is 0 Å². The van der Waals surface area contributed by atoms with Crippen LogP contribution in [0.2, 0.25) is 0 Å². The van der Waals surface area contributed by atoms with Crippen molar-refractivity contribution >= 4 is 45.9 Å². The molecule has 0 radical (unpaired) electrons. The van der Waals surface area contributed by atoms with Crippen molar-refractivity contribution in [1.82, 2.24) is 20.1 Å². The molecular weight excluding hydrogens is 530 g/mol. The van der Waals surface area contributed by atoms with Gasteiger partial charge in [0.1, 0.15) is 0 Å². The maximum absolute atomic E-state index is 13.3. The Morgan fingerprint density at radius 1 is 0.929 bits per heavy atom. The third-order valence-corrected chi connectivity index (χ3v) is 7.37. The monoisotopic (exact) mass is 559 g/mol. The van der Waals surface area contributed by atoms with E-state index in [9.17, 15) is 14.7 Å². The van der Waals surface area contributed by atoms with Crippen molar-refractivity contribution in [1.29, 1.82) is 0 Å². The molecule has 3 aromatic carbocycles. The Hall–Kier alpha value is -5.35. The predicted octanol–water partition coefficient (Wildman–Crippen LogP) is 4.65. The van der Waals surface area contributed by atoms with Crippen LogP contribution in [-0.4, -0.2) is 76.3 Å². The topological polar surface area (TPSA) is 127 Å². The van der Waals surface area contributed by atoms with E-state index >= 15 is 0 Å². The van der Waals surface area contributed by atoms with E-state index in [2.05, 4.69) is 54.5 Å². The number of aromatic amines is 1. The van der Waals surface area contributed by atoms with Gasteiger partial charge in [0.15, 0.2) is 11.7 Å². The molecule has 3 N–H and O–H groups in total. The standard InChI is InChI=1S/C32H29N7O3/c1-38-13-15-39(16-14-38)26-8-6-24(7-9-26)33-20-28-27-10-5-22(18-29(27)37-32(28)42)30(40)21-3-2-4-25(17-21)36-31(41)23-11-12-34-35-19-23/h2-12,17-20,37,42H,13-16H2,1H3,(H,36,41). The van der Waals surface area contributed by atoms with E-state index in [0.29, 0.717) is 33.5 Å². The van der Waals surface area contributed by atoms with Crippen molar-refractivity contribution in [3.05, 3.63) is 107 Å². The fourth-order valence-corrected chi connectivity index (χ4v) is 4.96. The summed E-state index contributed by atoms with van der Waals surface area (Å²) in [5, 5.41) is 21.5. The molecule has 10 heteroatoms. The molecule has 2 aromatic heterocycles. The highest BCUT2D eigenvalue weighted by atomic mass is 16.3. The molecule has 0 saturated carbocycles. The minimum atomic E-state index is -0.349. The molecule has 5 aromatic rings. The number of aromatic hydroxyl groups is 1. The van der Waals surface area contributed by atoms with Crippen LogP contribution in [0.4, 0.5) is 17.1 Å².